The molecule has 0 fully saturated rings. The number of hydrogen-bond donors (Lipinski definition) is 1. The van der Waals surface area contributed by atoms with Crippen molar-refractivity contribution in [3.05, 3.63) is 58.4 Å². The molecular weight excluding hydrogens is 378 g/mol. The third-order valence-electron chi connectivity index (χ3n) is 3.77. The van der Waals surface area contributed by atoms with E-state index in [1.807, 2.05) is 12.1 Å². The first-order chi connectivity index (χ1) is 12.5. The highest BCUT2D eigenvalue weighted by atomic mass is 35.5. The van der Waals surface area contributed by atoms with E-state index in [1.165, 1.54) is 13.2 Å². The molecular formula is C18H15Cl2FN4O. The lowest BCUT2D eigenvalue weighted by molar-refractivity contribution is 0.379. The largest absolute Gasteiger partial charge is 0.467 e. The molecule has 26 heavy (non-hydrogen) atoms. The summed E-state index contributed by atoms with van der Waals surface area (Å²) in [4.78, 5) is 15.5. The quantitative estimate of drug-likeness (QED) is 0.644. The molecule has 2 aromatic carbocycles. The number of halogens is 3. The zero-order valence-electron chi connectivity index (χ0n) is 14.1. The number of nitrogens with one attached hydrogen (secondary N) is 1. The first kappa shape index (κ1) is 18.5. The molecule has 0 atom stereocenters. The van der Waals surface area contributed by atoms with Gasteiger partial charge in [-0.15, -0.1) is 0 Å². The summed E-state index contributed by atoms with van der Waals surface area (Å²) in [7, 11) is 1.45. The van der Waals surface area contributed by atoms with Gasteiger partial charge in [0, 0.05) is 17.7 Å². The third kappa shape index (κ3) is 3.93. The predicted molar refractivity (Wildman–Crippen MR) is 99.6 cm³/mol. The van der Waals surface area contributed by atoms with Crippen LogP contribution in [0.25, 0.3) is 22.8 Å². The van der Waals surface area contributed by atoms with Gasteiger partial charge in [0.15, 0.2) is 11.6 Å². The molecule has 0 aliphatic carbocycles. The minimum Gasteiger partial charge on any atom is -0.467 e. The molecule has 0 saturated heterocycles. The molecule has 3 aromatic rings. The second-order valence-electron chi connectivity index (χ2n) is 5.56. The Bertz CT molecular complexity index is 952. The summed E-state index contributed by atoms with van der Waals surface area (Å²) >= 11 is 11.9. The fraction of sp³-hybridized carbons (Fsp3) is 0.167. The van der Waals surface area contributed by atoms with Crippen LogP contribution in [0, 0.1) is 12.7 Å². The van der Waals surface area contributed by atoms with E-state index in [4.69, 9.17) is 28.1 Å². The Balaban J connectivity index is 2.14. The van der Waals surface area contributed by atoms with Crippen LogP contribution < -0.4 is 9.57 Å². The molecule has 0 amide bonds. The minimum atomic E-state index is -0.336. The Kier molecular flexibility index (Phi) is 5.66. The van der Waals surface area contributed by atoms with Crippen LogP contribution in [0.4, 0.5) is 4.39 Å². The smallest absolute Gasteiger partial charge is 0.320 e. The molecule has 1 aromatic heterocycles. The van der Waals surface area contributed by atoms with E-state index in [9.17, 15) is 4.39 Å². The summed E-state index contributed by atoms with van der Waals surface area (Å²) in [5.41, 5.74) is 2.57. The van der Waals surface area contributed by atoms with Crippen LogP contribution in [-0.2, 0) is 6.54 Å². The molecule has 0 aliphatic heterocycles. The van der Waals surface area contributed by atoms with Gasteiger partial charge in [0.1, 0.15) is 5.82 Å². The molecule has 0 saturated carbocycles. The molecule has 0 radical (unpaired) electrons. The van der Waals surface area contributed by atoms with Crippen molar-refractivity contribution in [3.63, 3.8) is 0 Å². The zero-order chi connectivity index (χ0) is 18.7. The average Bonchev–Trinajstić information content (AvgIpc) is 2.65. The van der Waals surface area contributed by atoms with Gasteiger partial charge in [0.05, 0.1) is 12.1 Å². The van der Waals surface area contributed by atoms with Gasteiger partial charge in [-0.3, -0.25) is 0 Å². The van der Waals surface area contributed by atoms with E-state index in [0.29, 0.717) is 39.9 Å². The number of rotatable bonds is 5. The predicted octanol–water partition coefficient (Wildman–Crippen LogP) is 4.56. The van der Waals surface area contributed by atoms with Crippen LogP contribution in [-0.4, -0.2) is 22.1 Å². The Labute approximate surface area is 160 Å². The molecule has 0 aliphatic rings. The number of hydrogen-bond acceptors (Lipinski definition) is 5. The lowest BCUT2D eigenvalue weighted by Gasteiger charge is -2.10. The van der Waals surface area contributed by atoms with E-state index in [1.54, 1.807) is 25.1 Å². The fourth-order valence-corrected chi connectivity index (χ4v) is 2.72. The summed E-state index contributed by atoms with van der Waals surface area (Å²) in [6.45, 7) is 2.14. The zero-order valence-corrected chi connectivity index (χ0v) is 15.6. The normalized spacial score (nSPS) is 10.8. The van der Waals surface area contributed by atoms with Gasteiger partial charge >= 0.3 is 6.01 Å². The van der Waals surface area contributed by atoms with Gasteiger partial charge in [-0.05, 0) is 48.0 Å². The van der Waals surface area contributed by atoms with Gasteiger partial charge in [0.25, 0.3) is 0 Å². The maximum Gasteiger partial charge on any atom is 0.320 e. The molecule has 8 heteroatoms. The minimum absolute atomic E-state index is 0.114. The molecule has 0 bridgehead atoms. The van der Waals surface area contributed by atoms with Crippen molar-refractivity contribution in [3.8, 4) is 28.8 Å². The summed E-state index contributed by atoms with van der Waals surface area (Å²) in [5.74, 6) is 0.286. The number of aromatic nitrogens is 3. The topological polar surface area (TPSA) is 59.9 Å². The Morgan fingerprint density at radius 2 is 1.85 bits per heavy atom. The summed E-state index contributed by atoms with van der Waals surface area (Å²) in [6.07, 6.45) is 0. The Hall–Kier alpha value is -2.28. The van der Waals surface area contributed by atoms with Crippen molar-refractivity contribution in [2.45, 2.75) is 13.5 Å². The number of ether oxygens (including phenoxy) is 1. The third-order valence-corrected chi connectivity index (χ3v) is 4.23. The van der Waals surface area contributed by atoms with E-state index in [-0.39, 0.29) is 11.8 Å². The molecule has 134 valence electrons. The van der Waals surface area contributed by atoms with E-state index in [0.717, 1.165) is 5.56 Å². The number of nitrogens with zero attached hydrogens (tertiary/aromatic N) is 3. The van der Waals surface area contributed by atoms with Crippen LogP contribution in [0.1, 0.15) is 11.1 Å². The van der Waals surface area contributed by atoms with Gasteiger partial charge < -0.3 is 4.74 Å². The van der Waals surface area contributed by atoms with E-state index >= 15 is 0 Å². The molecule has 1 N–H and O–H groups in total. The second-order valence-corrected chi connectivity index (χ2v) is 6.23. The van der Waals surface area contributed by atoms with Crippen molar-refractivity contribution in [1.82, 2.24) is 19.8 Å². The lowest BCUT2D eigenvalue weighted by atomic mass is 10.1. The van der Waals surface area contributed by atoms with Gasteiger partial charge in [-0.2, -0.15) is 9.97 Å². The maximum absolute atomic E-state index is 13.9. The average molecular weight is 393 g/mol. The van der Waals surface area contributed by atoms with Gasteiger partial charge in [0.2, 0.25) is 0 Å². The highest BCUT2D eigenvalue weighted by molar-refractivity contribution is 6.33. The van der Waals surface area contributed by atoms with Crippen LogP contribution >= 0.6 is 23.4 Å². The van der Waals surface area contributed by atoms with Gasteiger partial charge in [-0.1, -0.05) is 29.8 Å². The van der Waals surface area contributed by atoms with Crippen molar-refractivity contribution in [1.29, 1.82) is 0 Å². The number of benzene rings is 2. The Morgan fingerprint density at radius 3 is 2.54 bits per heavy atom. The maximum atomic E-state index is 13.9. The number of aryl methyl sites for hydroxylation is 1. The summed E-state index contributed by atoms with van der Waals surface area (Å²) < 4.78 is 19.1. The lowest BCUT2D eigenvalue weighted by Crippen LogP contribution is -2.03. The molecule has 0 unspecified atom stereocenters. The monoisotopic (exact) mass is 392 g/mol. The molecule has 5 nitrogen and oxygen atoms in total. The highest BCUT2D eigenvalue weighted by Gasteiger charge is 2.14. The fourth-order valence-electron chi connectivity index (χ4n) is 2.36. The van der Waals surface area contributed by atoms with Crippen molar-refractivity contribution >= 4 is 23.4 Å². The van der Waals surface area contributed by atoms with Crippen LogP contribution in [0.2, 0.25) is 5.02 Å². The van der Waals surface area contributed by atoms with Crippen LogP contribution in [0.5, 0.6) is 6.01 Å². The summed E-state index contributed by atoms with van der Waals surface area (Å²) in [5, 5.41) is 0.470. The first-order valence-electron chi connectivity index (χ1n) is 7.70. The molecule has 1 heterocycles. The van der Waals surface area contributed by atoms with E-state index < -0.39 is 0 Å². The molecule has 0 spiro atoms. The van der Waals surface area contributed by atoms with E-state index in [2.05, 4.69) is 19.8 Å². The number of methoxy groups -OCH3 is 1. The van der Waals surface area contributed by atoms with Crippen molar-refractivity contribution < 1.29 is 9.13 Å². The summed E-state index contributed by atoms with van der Waals surface area (Å²) in [6, 6.07) is 10.3. The van der Waals surface area contributed by atoms with Crippen molar-refractivity contribution in [2.75, 3.05) is 7.11 Å². The standard InChI is InChI=1S/C18H15Cl2FN4O/c1-10-3-5-12(8-15(10)21)16-23-17(25-18(24-16)26-2)13-7-11(9-22-20)4-6-14(13)19/h3-8,22H,9H2,1-2H3. The SMILES string of the molecule is COc1nc(-c2ccc(C)c(F)c2)nc(-c2cc(CNCl)ccc2Cl)n1. The molecule has 3 rings (SSSR count). The first-order valence-corrected chi connectivity index (χ1v) is 8.46. The van der Waals surface area contributed by atoms with Gasteiger partial charge in [-0.25, -0.2) is 14.2 Å². The van der Waals surface area contributed by atoms with Crippen LogP contribution in [0.3, 0.4) is 0 Å². The Morgan fingerprint density at radius 1 is 1.08 bits per heavy atom. The second kappa shape index (κ2) is 7.95. The van der Waals surface area contributed by atoms with Crippen LogP contribution in [0.15, 0.2) is 36.4 Å². The highest BCUT2D eigenvalue weighted by Crippen LogP contribution is 2.29. The van der Waals surface area contributed by atoms with Crippen molar-refractivity contribution in [2.24, 2.45) is 0 Å².